The Bertz CT molecular complexity index is 652. The van der Waals surface area contributed by atoms with Crippen LogP contribution in [0.1, 0.15) is 23.6 Å². The molecule has 0 bridgehead atoms. The van der Waals surface area contributed by atoms with Gasteiger partial charge in [0.05, 0.1) is 0 Å². The maximum Gasteiger partial charge on any atom is 0.125 e. The zero-order chi connectivity index (χ0) is 14.8. The van der Waals surface area contributed by atoms with E-state index in [1.165, 1.54) is 22.4 Å². The van der Waals surface area contributed by atoms with Gasteiger partial charge in [0.2, 0.25) is 0 Å². The lowest BCUT2D eigenvalue weighted by molar-refractivity contribution is 0.628. The Balaban J connectivity index is 2.00. The maximum atomic E-state index is 13.6. The summed E-state index contributed by atoms with van der Waals surface area (Å²) < 4.78 is 13.6. The Morgan fingerprint density at radius 1 is 1.14 bits per heavy atom. The summed E-state index contributed by atoms with van der Waals surface area (Å²) in [5.41, 5.74) is 5.95. The summed E-state index contributed by atoms with van der Waals surface area (Å²) in [4.78, 5) is 2.24. The number of nitrogens with one attached hydrogen (secondary N) is 1. The Labute approximate surface area is 125 Å². The number of hydrogen-bond donors (Lipinski definition) is 1. The maximum absolute atomic E-state index is 13.6. The van der Waals surface area contributed by atoms with Gasteiger partial charge in [0.25, 0.3) is 0 Å². The molecule has 0 atom stereocenters. The van der Waals surface area contributed by atoms with Crippen molar-refractivity contribution in [2.45, 2.75) is 26.8 Å². The Morgan fingerprint density at radius 3 is 2.81 bits per heavy atom. The molecule has 0 amide bonds. The van der Waals surface area contributed by atoms with Crippen molar-refractivity contribution in [3.05, 3.63) is 58.9 Å². The van der Waals surface area contributed by atoms with Crippen LogP contribution < -0.4 is 10.2 Å². The molecule has 2 aromatic rings. The summed E-state index contributed by atoms with van der Waals surface area (Å²) in [5.74, 6) is -0.166. The van der Waals surface area contributed by atoms with E-state index < -0.39 is 0 Å². The van der Waals surface area contributed by atoms with Gasteiger partial charge in [0, 0.05) is 24.5 Å². The number of aryl methyl sites for hydroxylation is 1. The minimum absolute atomic E-state index is 0.166. The van der Waals surface area contributed by atoms with E-state index in [0.29, 0.717) is 0 Å². The van der Waals surface area contributed by atoms with Crippen molar-refractivity contribution in [1.29, 1.82) is 0 Å². The van der Waals surface area contributed by atoms with Crippen molar-refractivity contribution in [2.24, 2.45) is 0 Å². The molecule has 0 spiro atoms. The van der Waals surface area contributed by atoms with E-state index in [1.54, 1.807) is 12.1 Å². The highest BCUT2D eigenvalue weighted by molar-refractivity contribution is 5.72. The van der Waals surface area contributed by atoms with E-state index in [1.807, 2.05) is 6.07 Å². The van der Waals surface area contributed by atoms with Gasteiger partial charge in [-0.2, -0.15) is 0 Å². The van der Waals surface area contributed by atoms with Crippen molar-refractivity contribution in [3.63, 3.8) is 0 Å². The quantitative estimate of drug-likeness (QED) is 0.915. The van der Waals surface area contributed by atoms with Gasteiger partial charge in [-0.15, -0.1) is 0 Å². The minimum Gasteiger partial charge on any atom is -0.341 e. The van der Waals surface area contributed by atoms with Crippen LogP contribution in [0.5, 0.6) is 0 Å². The zero-order valence-electron chi connectivity index (χ0n) is 12.6. The van der Waals surface area contributed by atoms with Crippen LogP contribution in [0.2, 0.25) is 0 Å². The summed E-state index contributed by atoms with van der Waals surface area (Å²) in [6.45, 7) is 6.92. The van der Waals surface area contributed by atoms with Crippen molar-refractivity contribution in [1.82, 2.24) is 5.32 Å². The molecule has 1 aliphatic heterocycles. The van der Waals surface area contributed by atoms with E-state index in [4.69, 9.17) is 0 Å². The first-order chi connectivity index (χ1) is 10.2. The molecule has 1 N–H and O–H groups in total. The van der Waals surface area contributed by atoms with E-state index >= 15 is 0 Å². The molecule has 2 nitrogen and oxygen atoms in total. The third kappa shape index (κ3) is 2.79. The molecule has 1 aliphatic rings. The van der Waals surface area contributed by atoms with E-state index in [0.717, 1.165) is 31.7 Å². The second kappa shape index (κ2) is 5.86. The SMILES string of the molecule is CCNCc1cc(C)ccc1N1CCc2ccc(F)cc21. The second-order valence-electron chi connectivity index (χ2n) is 5.59. The molecule has 0 saturated heterocycles. The number of benzene rings is 2. The van der Waals surface area contributed by atoms with Crippen LogP contribution in [-0.2, 0) is 13.0 Å². The monoisotopic (exact) mass is 284 g/mol. The number of hydrogen-bond acceptors (Lipinski definition) is 2. The standard InChI is InChI=1S/C18H21FN2/c1-3-20-12-15-10-13(2)4-7-17(15)21-9-8-14-5-6-16(19)11-18(14)21/h4-7,10-11,20H,3,8-9,12H2,1-2H3. The van der Waals surface area contributed by atoms with Crippen molar-refractivity contribution >= 4 is 11.4 Å². The third-order valence-corrected chi connectivity index (χ3v) is 4.03. The van der Waals surface area contributed by atoms with E-state index in [9.17, 15) is 4.39 Å². The second-order valence-corrected chi connectivity index (χ2v) is 5.59. The van der Waals surface area contributed by atoms with Crippen LogP contribution >= 0.6 is 0 Å². The molecule has 3 heteroatoms. The number of halogens is 1. The molecule has 0 aromatic heterocycles. The average Bonchev–Trinajstić information content (AvgIpc) is 2.88. The summed E-state index contributed by atoms with van der Waals surface area (Å²) in [6.07, 6.45) is 0.976. The van der Waals surface area contributed by atoms with Crippen LogP contribution in [0.25, 0.3) is 0 Å². The highest BCUT2D eigenvalue weighted by Gasteiger charge is 2.22. The van der Waals surface area contributed by atoms with Crippen LogP contribution in [0.4, 0.5) is 15.8 Å². The number of rotatable bonds is 4. The van der Waals surface area contributed by atoms with Crippen LogP contribution in [-0.4, -0.2) is 13.1 Å². The molecule has 0 saturated carbocycles. The van der Waals surface area contributed by atoms with Crippen molar-refractivity contribution in [2.75, 3.05) is 18.0 Å². The summed E-state index contributed by atoms with van der Waals surface area (Å²) >= 11 is 0. The van der Waals surface area contributed by atoms with Crippen LogP contribution in [0.15, 0.2) is 36.4 Å². The van der Waals surface area contributed by atoms with Gasteiger partial charge in [-0.05, 0) is 49.2 Å². The highest BCUT2D eigenvalue weighted by atomic mass is 19.1. The van der Waals surface area contributed by atoms with Gasteiger partial charge in [0.15, 0.2) is 0 Å². The fourth-order valence-electron chi connectivity index (χ4n) is 2.98. The topological polar surface area (TPSA) is 15.3 Å². The van der Waals surface area contributed by atoms with Crippen LogP contribution in [0, 0.1) is 12.7 Å². The largest absolute Gasteiger partial charge is 0.341 e. The first kappa shape index (κ1) is 14.1. The highest BCUT2D eigenvalue weighted by Crippen LogP contribution is 2.37. The third-order valence-electron chi connectivity index (χ3n) is 4.03. The smallest absolute Gasteiger partial charge is 0.125 e. The lowest BCUT2D eigenvalue weighted by atomic mass is 10.1. The van der Waals surface area contributed by atoms with Crippen LogP contribution in [0.3, 0.4) is 0 Å². The number of fused-ring (bicyclic) bond motifs is 1. The molecule has 0 aliphatic carbocycles. The summed E-state index contributed by atoms with van der Waals surface area (Å²) in [6, 6.07) is 11.6. The molecule has 2 aromatic carbocycles. The molecule has 110 valence electrons. The fraction of sp³-hybridized carbons (Fsp3) is 0.333. The van der Waals surface area contributed by atoms with Gasteiger partial charge in [-0.3, -0.25) is 0 Å². The van der Waals surface area contributed by atoms with Gasteiger partial charge in [-0.25, -0.2) is 4.39 Å². The average molecular weight is 284 g/mol. The Morgan fingerprint density at radius 2 is 2.00 bits per heavy atom. The molecule has 3 rings (SSSR count). The van der Waals surface area contributed by atoms with Gasteiger partial charge >= 0.3 is 0 Å². The van der Waals surface area contributed by atoms with Gasteiger partial charge in [-0.1, -0.05) is 30.7 Å². The first-order valence-corrected chi connectivity index (χ1v) is 7.55. The number of anilines is 2. The molecule has 1 heterocycles. The predicted molar refractivity (Wildman–Crippen MR) is 85.7 cm³/mol. The zero-order valence-corrected chi connectivity index (χ0v) is 12.6. The summed E-state index contributed by atoms with van der Waals surface area (Å²) in [7, 11) is 0. The lowest BCUT2D eigenvalue weighted by Crippen LogP contribution is -2.19. The summed E-state index contributed by atoms with van der Waals surface area (Å²) in [5, 5.41) is 3.39. The molecular formula is C18H21FN2. The Kier molecular flexibility index (Phi) is 3.93. The number of nitrogens with zero attached hydrogens (tertiary/aromatic N) is 1. The normalized spacial score (nSPS) is 13.6. The Hall–Kier alpha value is -1.87. The first-order valence-electron chi connectivity index (χ1n) is 7.55. The van der Waals surface area contributed by atoms with E-state index in [2.05, 4.69) is 42.3 Å². The van der Waals surface area contributed by atoms with Crippen molar-refractivity contribution < 1.29 is 4.39 Å². The van der Waals surface area contributed by atoms with Gasteiger partial charge in [0.1, 0.15) is 5.82 Å². The predicted octanol–water partition coefficient (Wildman–Crippen LogP) is 3.94. The van der Waals surface area contributed by atoms with Gasteiger partial charge < -0.3 is 10.2 Å². The lowest BCUT2D eigenvalue weighted by Gasteiger charge is -2.23. The molecule has 0 radical (unpaired) electrons. The molecule has 21 heavy (non-hydrogen) atoms. The minimum atomic E-state index is -0.166. The van der Waals surface area contributed by atoms with E-state index in [-0.39, 0.29) is 5.82 Å². The molecule has 0 fully saturated rings. The molecular weight excluding hydrogens is 263 g/mol. The molecule has 0 unspecified atom stereocenters. The fourth-order valence-corrected chi connectivity index (χ4v) is 2.98. The van der Waals surface area contributed by atoms with Crippen molar-refractivity contribution in [3.8, 4) is 0 Å².